The fraction of sp³-hybridized carbons (Fsp3) is 0. The largest absolute Gasteiger partial charge is 0.256 e. The minimum absolute atomic E-state index is 0.959. The van der Waals surface area contributed by atoms with E-state index in [-0.39, 0.29) is 0 Å². The van der Waals surface area contributed by atoms with E-state index in [1.165, 1.54) is 192 Å². The fourth-order valence-corrected chi connectivity index (χ4v) is 20.3. The van der Waals surface area contributed by atoms with E-state index < -0.39 is 0 Å². The zero-order valence-corrected chi connectivity index (χ0v) is 55.9. The molecule has 17 aromatic carbocycles. The first-order chi connectivity index (χ1) is 49.1. The molecule has 0 radical (unpaired) electrons. The summed E-state index contributed by atoms with van der Waals surface area (Å²) in [4.78, 5) is 5.18. The average molecular weight is 1310 g/mol. The third kappa shape index (κ3) is 8.87. The molecule has 1 nitrogen and oxygen atoms in total. The topological polar surface area (TPSA) is 12.9 Å². The Bertz CT molecular complexity index is 6910. The van der Waals surface area contributed by atoms with Crippen molar-refractivity contribution in [1.82, 2.24) is 4.98 Å². The number of nitrogens with zero attached hydrogens (tertiary/aromatic N) is 1. The first-order valence-corrected chi connectivity index (χ1v) is 36.3. The number of hydrogen-bond donors (Lipinski definition) is 0. The molecule has 0 spiro atoms. The van der Waals surface area contributed by atoms with E-state index in [2.05, 4.69) is 334 Å². The van der Waals surface area contributed by atoms with Crippen LogP contribution < -0.4 is 0 Å². The molecule has 0 aliphatic carbocycles. The van der Waals surface area contributed by atoms with Gasteiger partial charge in [0.15, 0.2) is 0 Å². The highest BCUT2D eigenvalue weighted by atomic mass is 32.1. The van der Waals surface area contributed by atoms with Crippen LogP contribution in [0.15, 0.2) is 334 Å². The van der Waals surface area contributed by atoms with Gasteiger partial charge in [-0.25, -0.2) is 0 Å². The van der Waals surface area contributed by atoms with Gasteiger partial charge in [-0.3, -0.25) is 4.98 Å². The second-order valence-corrected chi connectivity index (χ2v) is 29.4. The smallest absolute Gasteiger partial charge is 0.0708 e. The second kappa shape index (κ2) is 22.3. The molecular formula is C95H55NS3. The Labute approximate surface area is 582 Å². The Morgan fingerprint density at radius 2 is 0.556 bits per heavy atom. The number of fused-ring (bicyclic) bond motifs is 21. The summed E-state index contributed by atoms with van der Waals surface area (Å²) in [6.45, 7) is 0. The summed E-state index contributed by atoms with van der Waals surface area (Å²) in [5, 5.41) is 22.6. The van der Waals surface area contributed by atoms with Crippen molar-refractivity contribution in [2.45, 2.75) is 0 Å². The molecule has 0 unspecified atom stereocenters. The van der Waals surface area contributed by atoms with Gasteiger partial charge in [0.2, 0.25) is 0 Å². The van der Waals surface area contributed by atoms with Crippen molar-refractivity contribution in [2.24, 2.45) is 0 Å². The Hall–Kier alpha value is -11.9. The van der Waals surface area contributed by atoms with Crippen molar-refractivity contribution < 1.29 is 0 Å². The molecular weight excluding hydrogens is 1250 g/mol. The lowest BCUT2D eigenvalue weighted by atomic mass is 9.87. The molecule has 4 heteroatoms. The number of pyridine rings is 1. The first kappa shape index (κ1) is 56.3. The van der Waals surface area contributed by atoms with Crippen molar-refractivity contribution in [2.75, 3.05) is 0 Å². The SMILES string of the molecule is c1ccc(-c2cccc3c2sc2c(-c4cccc(-c5cccc6c5sc5c(-c7ccc8c9ccccc9c9ccccc9c8c7)c(-c7cc(-c8cccc(-c9cccc(-c%10cc%11c%12ccccc%12c%12ccccc%12c%11cn%10)c9)c8)c8sc9ccccc9c8c7)ccc56)c4)cccc23)cc1. The van der Waals surface area contributed by atoms with E-state index in [9.17, 15) is 0 Å². The van der Waals surface area contributed by atoms with E-state index in [1.807, 2.05) is 34.0 Å². The summed E-state index contributed by atoms with van der Waals surface area (Å²) in [7, 11) is 0. The molecule has 0 fully saturated rings. The van der Waals surface area contributed by atoms with E-state index in [0.29, 0.717) is 0 Å². The summed E-state index contributed by atoms with van der Waals surface area (Å²) in [6.07, 6.45) is 2.08. The molecule has 4 heterocycles. The van der Waals surface area contributed by atoms with Crippen LogP contribution in [0.25, 0.3) is 214 Å². The maximum atomic E-state index is 5.18. The van der Waals surface area contributed by atoms with Gasteiger partial charge in [0, 0.05) is 88.8 Å². The zero-order chi connectivity index (χ0) is 64.8. The van der Waals surface area contributed by atoms with Gasteiger partial charge in [-0.2, -0.15) is 0 Å². The molecule has 0 N–H and O–H groups in total. The maximum absolute atomic E-state index is 5.18. The summed E-state index contributed by atoms with van der Waals surface area (Å²) in [5.74, 6) is 0. The number of benzene rings is 17. The van der Waals surface area contributed by atoms with E-state index >= 15 is 0 Å². The number of hydrogen-bond acceptors (Lipinski definition) is 4. The monoisotopic (exact) mass is 1310 g/mol. The normalized spacial score (nSPS) is 12.0. The second-order valence-electron chi connectivity index (χ2n) is 26.3. The summed E-state index contributed by atoms with van der Waals surface area (Å²) >= 11 is 5.75. The Kier molecular flexibility index (Phi) is 12.7. The van der Waals surface area contributed by atoms with Crippen LogP contribution >= 0.6 is 34.0 Å². The van der Waals surface area contributed by atoms with Gasteiger partial charge in [0.05, 0.1) is 5.69 Å². The summed E-state index contributed by atoms with van der Waals surface area (Å²) in [6, 6.07) is 123. The van der Waals surface area contributed by atoms with E-state index in [4.69, 9.17) is 4.98 Å². The number of aromatic nitrogens is 1. The van der Waals surface area contributed by atoms with Crippen LogP contribution in [0.1, 0.15) is 0 Å². The Balaban J connectivity index is 0.748. The number of rotatable bonds is 8. The quantitative estimate of drug-likeness (QED) is 0.138. The molecule has 21 aromatic rings. The summed E-state index contributed by atoms with van der Waals surface area (Å²) in [5.41, 5.74) is 19.0. The highest BCUT2D eigenvalue weighted by molar-refractivity contribution is 7.27. The van der Waals surface area contributed by atoms with Crippen molar-refractivity contribution in [1.29, 1.82) is 0 Å². The van der Waals surface area contributed by atoms with Gasteiger partial charge in [-0.15, -0.1) is 34.0 Å². The lowest BCUT2D eigenvalue weighted by molar-refractivity contribution is 1.36. The van der Waals surface area contributed by atoms with Gasteiger partial charge < -0.3 is 0 Å². The van der Waals surface area contributed by atoms with Crippen LogP contribution in [-0.4, -0.2) is 4.98 Å². The highest BCUT2D eigenvalue weighted by Gasteiger charge is 2.24. The molecule has 4 aromatic heterocycles. The van der Waals surface area contributed by atoms with Gasteiger partial charge in [-0.05, 0) is 175 Å². The van der Waals surface area contributed by atoms with Gasteiger partial charge >= 0.3 is 0 Å². The highest BCUT2D eigenvalue weighted by Crippen LogP contribution is 2.52. The predicted molar refractivity (Wildman–Crippen MR) is 431 cm³/mol. The standard InChI is InChI=1S/C95H55NS3/c1-2-20-56(21-3-1)66-37-17-40-79-80-41-18-38-67(92(80)98-91(66)79)59-24-16-25-60(50-59)68-39-19-42-81-82-47-46-65(90(95(82)99-93(68)81)63-44-45-77-73-32-5-4-28-69(73)70-29-6-9-33-74(70)84(77)51-63)64-52-83(94-86(53-64)78-36-12-13-43-89(78)97-94)61-26-14-22-57(48-61)58-23-15-27-62(49-58)88-54-85-75-34-10-7-30-71(75)72-31-8-11-35-76(72)87(85)55-96-88/h1-55H. The molecule has 99 heavy (non-hydrogen) atoms. The first-order valence-electron chi connectivity index (χ1n) is 33.9. The molecule has 21 rings (SSSR count). The van der Waals surface area contributed by atoms with Crippen LogP contribution in [0.3, 0.4) is 0 Å². The van der Waals surface area contributed by atoms with Crippen LogP contribution in [0, 0.1) is 0 Å². The lowest BCUT2D eigenvalue weighted by Crippen LogP contribution is -1.90. The number of thiophene rings is 3. The van der Waals surface area contributed by atoms with Crippen LogP contribution in [-0.2, 0) is 0 Å². The van der Waals surface area contributed by atoms with Crippen molar-refractivity contribution in [3.8, 4) is 89.1 Å². The Morgan fingerprint density at radius 1 is 0.172 bits per heavy atom. The minimum Gasteiger partial charge on any atom is -0.256 e. The molecule has 0 amide bonds. The molecule has 458 valence electrons. The van der Waals surface area contributed by atoms with Gasteiger partial charge in [-0.1, -0.05) is 279 Å². The molecule has 0 atom stereocenters. The zero-order valence-electron chi connectivity index (χ0n) is 53.4. The molecule has 0 aliphatic heterocycles. The molecule has 0 saturated heterocycles. The minimum atomic E-state index is 0.959. The van der Waals surface area contributed by atoms with Gasteiger partial charge in [0.25, 0.3) is 0 Å². The van der Waals surface area contributed by atoms with Crippen LogP contribution in [0.5, 0.6) is 0 Å². The van der Waals surface area contributed by atoms with Crippen molar-refractivity contribution in [3.63, 3.8) is 0 Å². The predicted octanol–water partition coefficient (Wildman–Crippen LogP) is 28.4. The van der Waals surface area contributed by atoms with Crippen molar-refractivity contribution >= 4 is 159 Å². The van der Waals surface area contributed by atoms with E-state index in [1.54, 1.807) is 0 Å². The van der Waals surface area contributed by atoms with Crippen LogP contribution in [0.2, 0.25) is 0 Å². The third-order valence-electron chi connectivity index (χ3n) is 20.9. The van der Waals surface area contributed by atoms with Crippen molar-refractivity contribution in [3.05, 3.63) is 334 Å². The average Bonchev–Trinajstić information content (AvgIpc) is 1.69. The van der Waals surface area contributed by atoms with E-state index in [0.717, 1.165) is 22.4 Å². The molecule has 0 aliphatic rings. The maximum Gasteiger partial charge on any atom is 0.0708 e. The molecule has 0 saturated carbocycles. The van der Waals surface area contributed by atoms with Crippen LogP contribution in [0.4, 0.5) is 0 Å². The Morgan fingerprint density at radius 3 is 1.15 bits per heavy atom. The lowest BCUT2D eigenvalue weighted by Gasteiger charge is -2.17. The summed E-state index contributed by atoms with van der Waals surface area (Å²) < 4.78 is 7.77. The fourth-order valence-electron chi connectivity index (χ4n) is 16.3. The third-order valence-corrected chi connectivity index (χ3v) is 24.7. The molecule has 0 bridgehead atoms. The van der Waals surface area contributed by atoms with Gasteiger partial charge in [0.1, 0.15) is 0 Å².